The summed E-state index contributed by atoms with van der Waals surface area (Å²) in [7, 11) is 0. The molecule has 0 aliphatic carbocycles. The van der Waals surface area contributed by atoms with Crippen LogP contribution < -0.4 is 5.32 Å². The average Bonchev–Trinajstić information content (AvgIpc) is 2.59. The third-order valence-corrected chi connectivity index (χ3v) is 4.63. The highest BCUT2D eigenvalue weighted by atomic mass is 16.1. The second kappa shape index (κ2) is 10.4. The van der Waals surface area contributed by atoms with Gasteiger partial charge in [0.15, 0.2) is 0 Å². The summed E-state index contributed by atoms with van der Waals surface area (Å²) in [6, 6.07) is 8.51. The van der Waals surface area contributed by atoms with E-state index in [1.807, 2.05) is 0 Å². The zero-order valence-electron chi connectivity index (χ0n) is 14.7. The lowest BCUT2D eigenvalue weighted by atomic mass is 10.0. The number of nitrogens with one attached hydrogen (secondary N) is 1. The van der Waals surface area contributed by atoms with Crippen molar-refractivity contribution in [1.29, 1.82) is 0 Å². The van der Waals surface area contributed by atoms with Crippen LogP contribution in [0.5, 0.6) is 0 Å². The zero-order chi connectivity index (χ0) is 16.3. The highest BCUT2D eigenvalue weighted by molar-refractivity contribution is 5.78. The van der Waals surface area contributed by atoms with Crippen LogP contribution in [0.3, 0.4) is 0 Å². The van der Waals surface area contributed by atoms with E-state index in [0.29, 0.717) is 6.42 Å². The molecular weight excluding hydrogens is 284 g/mol. The van der Waals surface area contributed by atoms with Crippen LogP contribution in [0, 0.1) is 0 Å². The van der Waals surface area contributed by atoms with Crippen LogP contribution in [0.25, 0.3) is 0 Å². The number of unbranched alkanes of at least 4 members (excludes halogenated alkanes) is 1. The zero-order valence-corrected chi connectivity index (χ0v) is 14.7. The molecule has 1 aromatic rings. The van der Waals surface area contributed by atoms with Crippen molar-refractivity contribution in [3.05, 3.63) is 35.4 Å². The summed E-state index contributed by atoms with van der Waals surface area (Å²) >= 11 is 0. The molecule has 0 radical (unpaired) electrons. The Morgan fingerprint density at radius 1 is 1.04 bits per heavy atom. The van der Waals surface area contributed by atoms with Crippen LogP contribution in [0.1, 0.15) is 56.6 Å². The number of likely N-dealkylation sites (tertiary alicyclic amines) is 1. The maximum atomic E-state index is 12.0. The maximum Gasteiger partial charge on any atom is 0.224 e. The molecule has 1 aliphatic rings. The van der Waals surface area contributed by atoms with Gasteiger partial charge in [-0.3, -0.25) is 4.79 Å². The lowest BCUT2D eigenvalue weighted by molar-refractivity contribution is -0.120. The van der Waals surface area contributed by atoms with E-state index in [0.717, 1.165) is 31.5 Å². The molecule has 0 saturated carbocycles. The summed E-state index contributed by atoms with van der Waals surface area (Å²) in [6.45, 7) is 6.59. The summed E-state index contributed by atoms with van der Waals surface area (Å²) in [5.41, 5.74) is 2.48. The second-order valence-corrected chi connectivity index (χ2v) is 6.70. The Labute approximate surface area is 141 Å². The first-order chi connectivity index (χ1) is 11.3. The first-order valence-corrected chi connectivity index (χ1v) is 9.35. The topological polar surface area (TPSA) is 32.3 Å². The van der Waals surface area contributed by atoms with Crippen LogP contribution in [-0.4, -0.2) is 37.0 Å². The van der Waals surface area contributed by atoms with E-state index in [-0.39, 0.29) is 5.91 Å². The van der Waals surface area contributed by atoms with Gasteiger partial charge in [0, 0.05) is 6.54 Å². The minimum Gasteiger partial charge on any atom is -0.356 e. The molecule has 0 spiro atoms. The minimum absolute atomic E-state index is 0.143. The summed E-state index contributed by atoms with van der Waals surface area (Å²) < 4.78 is 0. The Bertz CT molecular complexity index is 449. The van der Waals surface area contributed by atoms with Crippen molar-refractivity contribution in [1.82, 2.24) is 10.2 Å². The lowest BCUT2D eigenvalue weighted by Gasteiger charge is -2.26. The second-order valence-electron chi connectivity index (χ2n) is 6.70. The fourth-order valence-electron chi connectivity index (χ4n) is 3.17. The number of aryl methyl sites for hydroxylation is 1. The molecule has 0 bridgehead atoms. The Kier molecular flexibility index (Phi) is 8.16. The standard InChI is InChI=1S/C20H32N2O/c1-2-3-8-18-9-11-19(12-10-18)17-20(23)21-13-7-16-22-14-5-4-6-15-22/h9-12H,2-8,13-17H2,1H3,(H,21,23). The van der Waals surface area contributed by atoms with Gasteiger partial charge < -0.3 is 10.2 Å². The third-order valence-electron chi connectivity index (χ3n) is 4.63. The Morgan fingerprint density at radius 2 is 1.74 bits per heavy atom. The van der Waals surface area contributed by atoms with E-state index >= 15 is 0 Å². The van der Waals surface area contributed by atoms with Crippen LogP contribution in [0.4, 0.5) is 0 Å². The number of rotatable bonds is 9. The van der Waals surface area contributed by atoms with Crippen molar-refractivity contribution in [3.8, 4) is 0 Å². The summed E-state index contributed by atoms with van der Waals surface area (Å²) in [5, 5.41) is 3.05. The predicted octanol–water partition coefficient (Wildman–Crippen LogP) is 3.56. The molecule has 1 fully saturated rings. The van der Waals surface area contributed by atoms with Gasteiger partial charge in [-0.25, -0.2) is 0 Å². The Balaban J connectivity index is 1.60. The summed E-state index contributed by atoms with van der Waals surface area (Å²) in [6.07, 6.45) is 9.20. The van der Waals surface area contributed by atoms with Gasteiger partial charge in [0.05, 0.1) is 6.42 Å². The van der Waals surface area contributed by atoms with Gasteiger partial charge in [0.1, 0.15) is 0 Å². The van der Waals surface area contributed by atoms with Crippen LogP contribution in [0.2, 0.25) is 0 Å². The number of benzene rings is 1. The number of hydrogen-bond acceptors (Lipinski definition) is 2. The highest BCUT2D eigenvalue weighted by Gasteiger charge is 2.09. The molecular formula is C20H32N2O. The van der Waals surface area contributed by atoms with Gasteiger partial charge in [-0.2, -0.15) is 0 Å². The first-order valence-electron chi connectivity index (χ1n) is 9.35. The molecule has 0 unspecified atom stereocenters. The molecule has 0 aromatic heterocycles. The smallest absolute Gasteiger partial charge is 0.224 e. The van der Waals surface area contributed by atoms with Gasteiger partial charge in [-0.1, -0.05) is 44.0 Å². The average molecular weight is 316 g/mol. The van der Waals surface area contributed by atoms with Crippen LogP contribution >= 0.6 is 0 Å². The number of hydrogen-bond donors (Lipinski definition) is 1. The van der Waals surface area contributed by atoms with E-state index in [1.54, 1.807) is 0 Å². The molecule has 3 heteroatoms. The molecule has 3 nitrogen and oxygen atoms in total. The van der Waals surface area contributed by atoms with Crippen LogP contribution in [0.15, 0.2) is 24.3 Å². The van der Waals surface area contributed by atoms with Crippen molar-refractivity contribution in [2.75, 3.05) is 26.2 Å². The van der Waals surface area contributed by atoms with Crippen molar-refractivity contribution in [2.45, 2.75) is 58.3 Å². The van der Waals surface area contributed by atoms with Crippen molar-refractivity contribution < 1.29 is 4.79 Å². The van der Waals surface area contributed by atoms with E-state index in [2.05, 4.69) is 41.4 Å². The lowest BCUT2D eigenvalue weighted by Crippen LogP contribution is -2.33. The molecule has 128 valence electrons. The number of piperidine rings is 1. The molecule has 0 atom stereocenters. The molecule has 2 rings (SSSR count). The molecule has 23 heavy (non-hydrogen) atoms. The normalized spacial score (nSPS) is 15.5. The fourth-order valence-corrected chi connectivity index (χ4v) is 3.17. The number of amides is 1. The molecule has 1 saturated heterocycles. The van der Waals surface area contributed by atoms with Gasteiger partial charge in [0.25, 0.3) is 0 Å². The van der Waals surface area contributed by atoms with E-state index in [1.165, 1.54) is 50.8 Å². The fraction of sp³-hybridized carbons (Fsp3) is 0.650. The molecule has 1 amide bonds. The molecule has 1 N–H and O–H groups in total. The third kappa shape index (κ3) is 7.17. The largest absolute Gasteiger partial charge is 0.356 e. The SMILES string of the molecule is CCCCc1ccc(CC(=O)NCCCN2CCCCC2)cc1. The summed E-state index contributed by atoms with van der Waals surface area (Å²) in [4.78, 5) is 14.5. The van der Waals surface area contributed by atoms with Gasteiger partial charge in [-0.05, 0) is 62.9 Å². The van der Waals surface area contributed by atoms with Gasteiger partial charge in [-0.15, -0.1) is 0 Å². The van der Waals surface area contributed by atoms with Crippen molar-refractivity contribution in [2.24, 2.45) is 0 Å². The van der Waals surface area contributed by atoms with Crippen LogP contribution in [-0.2, 0) is 17.6 Å². The van der Waals surface area contributed by atoms with Crippen molar-refractivity contribution in [3.63, 3.8) is 0 Å². The van der Waals surface area contributed by atoms with Gasteiger partial charge >= 0.3 is 0 Å². The maximum absolute atomic E-state index is 12.0. The number of carbonyl (C=O) groups is 1. The predicted molar refractivity (Wildman–Crippen MR) is 96.7 cm³/mol. The Hall–Kier alpha value is -1.35. The highest BCUT2D eigenvalue weighted by Crippen LogP contribution is 2.09. The number of carbonyl (C=O) groups excluding carboxylic acids is 1. The first kappa shape index (κ1) is 18.0. The van der Waals surface area contributed by atoms with E-state index in [4.69, 9.17) is 0 Å². The molecule has 1 aromatic carbocycles. The summed E-state index contributed by atoms with van der Waals surface area (Å²) in [5.74, 6) is 0.143. The molecule has 1 aliphatic heterocycles. The Morgan fingerprint density at radius 3 is 2.43 bits per heavy atom. The van der Waals surface area contributed by atoms with Crippen molar-refractivity contribution >= 4 is 5.91 Å². The number of nitrogens with zero attached hydrogens (tertiary/aromatic N) is 1. The van der Waals surface area contributed by atoms with E-state index in [9.17, 15) is 4.79 Å². The quantitative estimate of drug-likeness (QED) is 0.707. The monoisotopic (exact) mass is 316 g/mol. The van der Waals surface area contributed by atoms with Gasteiger partial charge in [0.2, 0.25) is 5.91 Å². The minimum atomic E-state index is 0.143. The van der Waals surface area contributed by atoms with E-state index < -0.39 is 0 Å². The molecule has 1 heterocycles.